The summed E-state index contributed by atoms with van der Waals surface area (Å²) in [6, 6.07) is 11.2. The Morgan fingerprint density at radius 2 is 1.45 bits per heavy atom. The minimum Gasteiger partial charge on any atom is -0.206 e. The molecule has 2 aromatic carbocycles. The van der Waals surface area contributed by atoms with Crippen LogP contribution in [0.2, 0.25) is 0 Å². The fraction of sp³-hybridized carbons (Fsp3) is 0.444. The Bertz CT molecular complexity index is 1070. The lowest BCUT2D eigenvalue weighted by atomic mass is 9.79. The Labute approximate surface area is 175 Å². The molecule has 1 heterocycles. The molecular formula is C27H35FN+. The van der Waals surface area contributed by atoms with Crippen molar-refractivity contribution in [3.8, 4) is 11.3 Å². The molecule has 0 amide bonds. The van der Waals surface area contributed by atoms with Crippen molar-refractivity contribution >= 4 is 10.8 Å². The maximum atomic E-state index is 14.5. The molecule has 0 N–H and O–H groups in total. The third-order valence-corrected chi connectivity index (χ3v) is 6.64. The van der Waals surface area contributed by atoms with Crippen molar-refractivity contribution in [2.75, 3.05) is 0 Å². The van der Waals surface area contributed by atoms with Gasteiger partial charge in [0.15, 0.2) is 5.69 Å². The highest BCUT2D eigenvalue weighted by molar-refractivity contribution is 5.94. The average Bonchev–Trinajstić information content (AvgIpc) is 2.64. The first-order valence-electron chi connectivity index (χ1n) is 10.7. The molecule has 0 saturated heterocycles. The maximum Gasteiger partial charge on any atom is 0.220 e. The van der Waals surface area contributed by atoms with Gasteiger partial charge in [0.2, 0.25) is 5.69 Å². The molecule has 3 aromatic rings. The minimum atomic E-state index is -0.0927. The van der Waals surface area contributed by atoms with Gasteiger partial charge in [-0.1, -0.05) is 39.8 Å². The van der Waals surface area contributed by atoms with Crippen molar-refractivity contribution in [1.29, 1.82) is 0 Å². The monoisotopic (exact) mass is 392 g/mol. The van der Waals surface area contributed by atoms with E-state index in [0.29, 0.717) is 23.3 Å². The first-order chi connectivity index (χ1) is 13.5. The summed E-state index contributed by atoms with van der Waals surface area (Å²) in [5, 5.41) is 2.49. The minimum absolute atomic E-state index is 0.0927. The van der Waals surface area contributed by atoms with E-state index in [1.54, 1.807) is 0 Å². The zero-order chi connectivity index (χ0) is 21.6. The van der Waals surface area contributed by atoms with E-state index in [-0.39, 0.29) is 5.82 Å². The van der Waals surface area contributed by atoms with Crippen LogP contribution in [0.4, 0.5) is 4.39 Å². The highest BCUT2D eigenvalue weighted by Crippen LogP contribution is 2.36. The average molecular weight is 393 g/mol. The van der Waals surface area contributed by atoms with Crippen LogP contribution in [0, 0.1) is 45.3 Å². The second-order valence-corrected chi connectivity index (χ2v) is 9.36. The standard InChI is InChI=1S/C27H35FN/c1-15(2)25(16(3)4)21-10-11-23-22(14-21)13-18(6)29(9)27(23)24-12-17(5)26(28)20(8)19(24)7/h10-16,25H,1-9H3/q+1. The largest absolute Gasteiger partial charge is 0.220 e. The van der Waals surface area contributed by atoms with Crippen molar-refractivity contribution in [3.05, 3.63) is 64.1 Å². The van der Waals surface area contributed by atoms with Gasteiger partial charge in [0.25, 0.3) is 0 Å². The quantitative estimate of drug-likeness (QED) is 0.417. The molecule has 3 rings (SSSR count). The number of hydrogen-bond donors (Lipinski definition) is 0. The predicted molar refractivity (Wildman–Crippen MR) is 122 cm³/mol. The Kier molecular flexibility index (Phi) is 5.85. The molecule has 0 saturated carbocycles. The van der Waals surface area contributed by atoms with Crippen LogP contribution in [0.5, 0.6) is 0 Å². The van der Waals surface area contributed by atoms with Crippen LogP contribution in [-0.2, 0) is 7.05 Å². The molecule has 0 bridgehead atoms. The molecule has 29 heavy (non-hydrogen) atoms. The number of hydrogen-bond acceptors (Lipinski definition) is 0. The van der Waals surface area contributed by atoms with Gasteiger partial charge in [0.05, 0.1) is 10.9 Å². The summed E-state index contributed by atoms with van der Waals surface area (Å²) in [5.41, 5.74) is 7.36. The Morgan fingerprint density at radius 3 is 2.03 bits per heavy atom. The summed E-state index contributed by atoms with van der Waals surface area (Å²) in [7, 11) is 2.11. The van der Waals surface area contributed by atoms with Crippen molar-refractivity contribution in [2.24, 2.45) is 18.9 Å². The molecule has 2 heteroatoms. The third-order valence-electron chi connectivity index (χ3n) is 6.64. The van der Waals surface area contributed by atoms with Gasteiger partial charge in [-0.25, -0.2) is 4.39 Å². The Morgan fingerprint density at radius 1 is 0.828 bits per heavy atom. The van der Waals surface area contributed by atoms with Crippen LogP contribution in [0.25, 0.3) is 22.0 Å². The number of benzene rings is 2. The van der Waals surface area contributed by atoms with Crippen LogP contribution in [0.1, 0.15) is 61.6 Å². The van der Waals surface area contributed by atoms with E-state index in [1.165, 1.54) is 27.7 Å². The van der Waals surface area contributed by atoms with Crippen molar-refractivity contribution < 1.29 is 8.96 Å². The first kappa shape index (κ1) is 21.5. The second kappa shape index (κ2) is 7.89. The zero-order valence-electron chi connectivity index (χ0n) is 19.4. The highest BCUT2D eigenvalue weighted by atomic mass is 19.1. The highest BCUT2D eigenvalue weighted by Gasteiger charge is 2.24. The Balaban J connectivity index is 2.34. The molecule has 0 radical (unpaired) electrons. The van der Waals surface area contributed by atoms with Crippen LogP contribution in [0.15, 0.2) is 30.3 Å². The van der Waals surface area contributed by atoms with Gasteiger partial charge in [0, 0.05) is 13.0 Å². The van der Waals surface area contributed by atoms with E-state index >= 15 is 0 Å². The topological polar surface area (TPSA) is 3.88 Å². The number of pyridine rings is 1. The molecule has 0 atom stereocenters. The summed E-state index contributed by atoms with van der Waals surface area (Å²) in [6.45, 7) is 17.2. The van der Waals surface area contributed by atoms with Crippen molar-refractivity contribution in [3.63, 3.8) is 0 Å². The van der Waals surface area contributed by atoms with E-state index in [4.69, 9.17) is 0 Å². The van der Waals surface area contributed by atoms with E-state index in [9.17, 15) is 4.39 Å². The summed E-state index contributed by atoms with van der Waals surface area (Å²) in [5.74, 6) is 1.63. The van der Waals surface area contributed by atoms with Crippen LogP contribution in [-0.4, -0.2) is 0 Å². The van der Waals surface area contributed by atoms with Gasteiger partial charge in [-0.3, -0.25) is 0 Å². The van der Waals surface area contributed by atoms with E-state index in [2.05, 4.69) is 70.5 Å². The first-order valence-corrected chi connectivity index (χ1v) is 10.7. The molecule has 0 aliphatic heterocycles. The Hall–Kier alpha value is -2.22. The number of halogens is 1. The lowest BCUT2D eigenvalue weighted by molar-refractivity contribution is -0.665. The number of fused-ring (bicyclic) bond motifs is 1. The zero-order valence-corrected chi connectivity index (χ0v) is 19.4. The number of nitrogens with zero attached hydrogens (tertiary/aromatic N) is 1. The smallest absolute Gasteiger partial charge is 0.206 e. The molecule has 0 spiro atoms. The maximum absolute atomic E-state index is 14.5. The van der Waals surface area contributed by atoms with Gasteiger partial charge in [0.1, 0.15) is 12.9 Å². The van der Waals surface area contributed by atoms with Gasteiger partial charge >= 0.3 is 0 Å². The molecule has 0 fully saturated rings. The van der Waals surface area contributed by atoms with Crippen LogP contribution >= 0.6 is 0 Å². The lowest BCUT2D eigenvalue weighted by Crippen LogP contribution is -2.35. The number of aromatic nitrogens is 1. The molecular weight excluding hydrogens is 357 g/mol. The number of rotatable bonds is 4. The summed E-state index contributed by atoms with van der Waals surface area (Å²) >= 11 is 0. The summed E-state index contributed by atoms with van der Waals surface area (Å²) in [6.07, 6.45) is 0. The lowest BCUT2D eigenvalue weighted by Gasteiger charge is -2.26. The van der Waals surface area contributed by atoms with Crippen molar-refractivity contribution in [1.82, 2.24) is 0 Å². The SMILES string of the molecule is Cc1cc(-c2c3ccc(C(C(C)C)C(C)C)cc3cc(C)[n+]2C)c(C)c(C)c1F. The third kappa shape index (κ3) is 3.70. The summed E-state index contributed by atoms with van der Waals surface area (Å²) in [4.78, 5) is 0. The normalized spacial score (nSPS) is 12.0. The van der Waals surface area contributed by atoms with Crippen LogP contribution in [0.3, 0.4) is 0 Å². The van der Waals surface area contributed by atoms with Crippen LogP contribution < -0.4 is 4.57 Å². The van der Waals surface area contributed by atoms with E-state index < -0.39 is 0 Å². The number of aryl methyl sites for hydroxylation is 2. The van der Waals surface area contributed by atoms with Gasteiger partial charge in [-0.05, 0) is 78.3 Å². The predicted octanol–water partition coefficient (Wildman–Crippen LogP) is 7.10. The fourth-order valence-corrected chi connectivity index (χ4v) is 4.96. The molecule has 154 valence electrons. The van der Waals surface area contributed by atoms with E-state index in [0.717, 1.165) is 16.7 Å². The molecule has 0 aliphatic rings. The van der Waals surface area contributed by atoms with Gasteiger partial charge in [-0.2, -0.15) is 4.57 Å². The molecule has 1 aromatic heterocycles. The summed E-state index contributed by atoms with van der Waals surface area (Å²) < 4.78 is 16.7. The molecule has 0 aliphatic carbocycles. The van der Waals surface area contributed by atoms with E-state index in [1.807, 2.05) is 26.8 Å². The van der Waals surface area contributed by atoms with Gasteiger partial charge < -0.3 is 0 Å². The molecule has 0 unspecified atom stereocenters. The molecule has 1 nitrogen and oxygen atoms in total. The fourth-order valence-electron chi connectivity index (χ4n) is 4.96. The van der Waals surface area contributed by atoms with Gasteiger partial charge in [-0.15, -0.1) is 0 Å². The second-order valence-electron chi connectivity index (χ2n) is 9.36. The van der Waals surface area contributed by atoms with Crippen molar-refractivity contribution in [2.45, 2.75) is 61.3 Å².